The van der Waals surface area contributed by atoms with Crippen molar-refractivity contribution >= 4 is 17.6 Å². The number of halogens is 1. The van der Waals surface area contributed by atoms with Crippen molar-refractivity contribution in [1.82, 2.24) is 4.90 Å². The lowest BCUT2D eigenvalue weighted by atomic mass is 10.1. The Morgan fingerprint density at radius 2 is 1.95 bits per heavy atom. The molecule has 1 saturated heterocycles. The van der Waals surface area contributed by atoms with E-state index in [0.717, 1.165) is 18.7 Å². The number of likely N-dealkylation sites (tertiary alicyclic amines) is 1. The second kappa shape index (κ2) is 6.43. The van der Waals surface area contributed by atoms with E-state index in [0.29, 0.717) is 42.2 Å². The van der Waals surface area contributed by atoms with Crippen LogP contribution >= 0.6 is 11.6 Å². The fraction of sp³-hybridized carbons (Fsp3) is 0.533. The van der Waals surface area contributed by atoms with Crippen LogP contribution in [0.2, 0.25) is 5.02 Å². The minimum atomic E-state index is 0.499. The van der Waals surface area contributed by atoms with Crippen molar-refractivity contribution in [3.8, 4) is 11.5 Å². The van der Waals surface area contributed by atoms with Crippen LogP contribution in [-0.4, -0.2) is 37.2 Å². The molecule has 0 radical (unpaired) electrons. The van der Waals surface area contributed by atoms with E-state index in [1.807, 2.05) is 12.1 Å². The molecule has 2 aliphatic rings. The summed E-state index contributed by atoms with van der Waals surface area (Å²) in [5, 5.41) is 0.564. The fourth-order valence-corrected chi connectivity index (χ4v) is 2.94. The number of aliphatic imine (C=N–C) groups is 1. The first-order valence-corrected chi connectivity index (χ1v) is 7.75. The number of guanidine groups is 1. The molecule has 0 unspecified atom stereocenters. The Labute approximate surface area is 129 Å². The lowest BCUT2D eigenvalue weighted by Crippen LogP contribution is -2.40. The molecule has 0 aliphatic carbocycles. The predicted octanol–water partition coefficient (Wildman–Crippen LogP) is 2.41. The minimum absolute atomic E-state index is 0.499. The van der Waals surface area contributed by atoms with Gasteiger partial charge in [-0.05, 0) is 37.0 Å². The molecule has 114 valence electrons. The molecule has 0 atom stereocenters. The Bertz CT molecular complexity index is 542. The van der Waals surface area contributed by atoms with E-state index in [1.54, 1.807) is 0 Å². The highest BCUT2D eigenvalue weighted by Crippen LogP contribution is 2.38. The van der Waals surface area contributed by atoms with E-state index >= 15 is 0 Å². The summed E-state index contributed by atoms with van der Waals surface area (Å²) in [6.45, 7) is 3.57. The van der Waals surface area contributed by atoms with Crippen LogP contribution in [0.5, 0.6) is 11.5 Å². The Kier molecular flexibility index (Phi) is 4.39. The van der Waals surface area contributed by atoms with Gasteiger partial charge in [0.15, 0.2) is 17.5 Å². The van der Waals surface area contributed by atoms with Crippen LogP contribution in [0.3, 0.4) is 0 Å². The maximum Gasteiger partial charge on any atom is 0.191 e. The zero-order valence-electron chi connectivity index (χ0n) is 12.0. The van der Waals surface area contributed by atoms with Gasteiger partial charge in [0.2, 0.25) is 0 Å². The minimum Gasteiger partial charge on any atom is -0.486 e. The van der Waals surface area contributed by atoms with E-state index in [9.17, 15) is 0 Å². The molecule has 0 saturated carbocycles. The van der Waals surface area contributed by atoms with Crippen molar-refractivity contribution < 1.29 is 9.47 Å². The summed E-state index contributed by atoms with van der Waals surface area (Å²) in [7, 11) is 0. The average Bonchev–Trinajstić information content (AvgIpc) is 2.53. The standard InChI is InChI=1S/C15H20ClN3O2/c16-12-8-11(9-13-14(12)21-7-6-20-13)10-18-15(17)19-4-2-1-3-5-19/h8-9H,1-7,10H2,(H2,17,18). The molecule has 21 heavy (non-hydrogen) atoms. The van der Waals surface area contributed by atoms with Crippen LogP contribution in [0, 0.1) is 0 Å². The topological polar surface area (TPSA) is 60.1 Å². The maximum absolute atomic E-state index is 6.22. The van der Waals surface area contributed by atoms with Gasteiger partial charge in [0.25, 0.3) is 0 Å². The van der Waals surface area contributed by atoms with Crippen molar-refractivity contribution in [2.75, 3.05) is 26.3 Å². The molecule has 2 N–H and O–H groups in total. The summed E-state index contributed by atoms with van der Waals surface area (Å²) in [6, 6.07) is 3.79. The highest BCUT2D eigenvalue weighted by atomic mass is 35.5. The molecule has 2 aliphatic heterocycles. The third-order valence-electron chi connectivity index (χ3n) is 3.76. The van der Waals surface area contributed by atoms with Crippen LogP contribution in [0.15, 0.2) is 17.1 Å². The third kappa shape index (κ3) is 3.35. The van der Waals surface area contributed by atoms with Crippen molar-refractivity contribution in [1.29, 1.82) is 0 Å². The molecule has 3 rings (SSSR count). The monoisotopic (exact) mass is 309 g/mol. The van der Waals surface area contributed by atoms with Crippen LogP contribution in [0.4, 0.5) is 0 Å². The molecule has 1 aromatic carbocycles. The SMILES string of the molecule is NC(=NCc1cc(Cl)c2c(c1)OCCO2)N1CCCCC1. The van der Waals surface area contributed by atoms with Gasteiger partial charge in [-0.3, -0.25) is 0 Å². The number of piperidine rings is 1. The number of hydrogen-bond acceptors (Lipinski definition) is 3. The van der Waals surface area contributed by atoms with E-state index in [-0.39, 0.29) is 0 Å². The zero-order valence-corrected chi connectivity index (χ0v) is 12.7. The van der Waals surface area contributed by atoms with Crippen LogP contribution in [0.25, 0.3) is 0 Å². The van der Waals surface area contributed by atoms with Crippen molar-refractivity contribution in [3.63, 3.8) is 0 Å². The molecule has 2 heterocycles. The number of benzene rings is 1. The quantitative estimate of drug-likeness (QED) is 0.673. The molecular weight excluding hydrogens is 290 g/mol. The van der Waals surface area contributed by atoms with E-state index in [1.165, 1.54) is 19.3 Å². The summed E-state index contributed by atoms with van der Waals surface area (Å²) in [6.07, 6.45) is 3.65. The molecule has 0 amide bonds. The van der Waals surface area contributed by atoms with Gasteiger partial charge >= 0.3 is 0 Å². The van der Waals surface area contributed by atoms with Gasteiger partial charge in [-0.2, -0.15) is 0 Å². The Morgan fingerprint density at radius 1 is 1.19 bits per heavy atom. The summed E-state index contributed by atoms with van der Waals surface area (Å²) in [5.41, 5.74) is 7.04. The first-order valence-electron chi connectivity index (χ1n) is 7.37. The lowest BCUT2D eigenvalue weighted by Gasteiger charge is -2.27. The molecule has 0 aromatic heterocycles. The summed E-state index contributed by atoms with van der Waals surface area (Å²) < 4.78 is 11.1. The van der Waals surface area contributed by atoms with Gasteiger partial charge in [0.1, 0.15) is 13.2 Å². The normalized spacial score (nSPS) is 18.7. The number of rotatable bonds is 2. The van der Waals surface area contributed by atoms with Gasteiger partial charge in [-0.15, -0.1) is 0 Å². The third-order valence-corrected chi connectivity index (χ3v) is 4.04. The summed E-state index contributed by atoms with van der Waals surface area (Å²) >= 11 is 6.22. The molecule has 0 bridgehead atoms. The molecule has 5 nitrogen and oxygen atoms in total. The summed E-state index contributed by atoms with van der Waals surface area (Å²) in [4.78, 5) is 6.62. The van der Waals surface area contributed by atoms with E-state index in [2.05, 4.69) is 9.89 Å². The molecule has 0 spiro atoms. The Morgan fingerprint density at radius 3 is 2.76 bits per heavy atom. The largest absolute Gasteiger partial charge is 0.486 e. The molecule has 1 aromatic rings. The Balaban J connectivity index is 1.71. The predicted molar refractivity (Wildman–Crippen MR) is 83.2 cm³/mol. The van der Waals surface area contributed by atoms with E-state index < -0.39 is 0 Å². The van der Waals surface area contributed by atoms with Crippen LogP contribution in [0.1, 0.15) is 24.8 Å². The maximum atomic E-state index is 6.22. The number of ether oxygens (including phenoxy) is 2. The average molecular weight is 310 g/mol. The first-order chi connectivity index (χ1) is 10.2. The van der Waals surface area contributed by atoms with Crippen molar-refractivity contribution in [2.24, 2.45) is 10.7 Å². The number of nitrogens with two attached hydrogens (primary N) is 1. The first kappa shape index (κ1) is 14.3. The van der Waals surface area contributed by atoms with Crippen LogP contribution < -0.4 is 15.2 Å². The van der Waals surface area contributed by atoms with Gasteiger partial charge in [-0.25, -0.2) is 4.99 Å². The van der Waals surface area contributed by atoms with E-state index in [4.69, 9.17) is 26.8 Å². The van der Waals surface area contributed by atoms with Gasteiger partial charge in [0, 0.05) is 13.1 Å². The lowest BCUT2D eigenvalue weighted by molar-refractivity contribution is 0.171. The number of fused-ring (bicyclic) bond motifs is 1. The Hall–Kier alpha value is -1.62. The smallest absolute Gasteiger partial charge is 0.191 e. The summed E-state index contributed by atoms with van der Waals surface area (Å²) in [5.74, 6) is 1.93. The number of hydrogen-bond donors (Lipinski definition) is 1. The molecule has 1 fully saturated rings. The van der Waals surface area contributed by atoms with Crippen molar-refractivity contribution in [2.45, 2.75) is 25.8 Å². The second-order valence-corrected chi connectivity index (χ2v) is 5.73. The second-order valence-electron chi connectivity index (χ2n) is 5.32. The zero-order chi connectivity index (χ0) is 14.7. The number of nitrogens with zero attached hydrogens (tertiary/aromatic N) is 2. The van der Waals surface area contributed by atoms with Gasteiger partial charge in [0.05, 0.1) is 11.6 Å². The van der Waals surface area contributed by atoms with Gasteiger partial charge in [-0.1, -0.05) is 11.6 Å². The van der Waals surface area contributed by atoms with Crippen molar-refractivity contribution in [3.05, 3.63) is 22.7 Å². The fourth-order valence-electron chi connectivity index (χ4n) is 2.65. The highest BCUT2D eigenvalue weighted by Gasteiger charge is 2.17. The highest BCUT2D eigenvalue weighted by molar-refractivity contribution is 6.32. The molecular formula is C15H20ClN3O2. The molecule has 6 heteroatoms. The van der Waals surface area contributed by atoms with Crippen LogP contribution in [-0.2, 0) is 6.54 Å². The van der Waals surface area contributed by atoms with Gasteiger partial charge < -0.3 is 20.1 Å².